The van der Waals surface area contributed by atoms with Gasteiger partial charge in [-0.2, -0.15) is 5.26 Å². The van der Waals surface area contributed by atoms with E-state index in [1.165, 1.54) is 0 Å². The molecule has 1 heterocycles. The smallest absolute Gasteiger partial charge is 0.187 e. The second-order valence-electron chi connectivity index (χ2n) is 6.49. The summed E-state index contributed by atoms with van der Waals surface area (Å²) in [5, 5.41) is 9.77. The first kappa shape index (κ1) is 18.5. The van der Waals surface area contributed by atoms with Gasteiger partial charge in [0.15, 0.2) is 5.78 Å². The third kappa shape index (κ3) is 3.26. The fourth-order valence-electron chi connectivity index (χ4n) is 3.58. The van der Waals surface area contributed by atoms with Crippen molar-refractivity contribution >= 4 is 17.2 Å². The number of anilines is 2. The summed E-state index contributed by atoms with van der Waals surface area (Å²) in [6.45, 7) is 5.83. The van der Waals surface area contributed by atoms with Gasteiger partial charge < -0.3 is 14.7 Å². The van der Waals surface area contributed by atoms with Crippen LogP contribution in [0.25, 0.3) is 0 Å². The first-order valence-corrected chi connectivity index (χ1v) is 9.13. The van der Waals surface area contributed by atoms with E-state index >= 15 is 0 Å². The van der Waals surface area contributed by atoms with E-state index in [4.69, 9.17) is 0 Å². The summed E-state index contributed by atoms with van der Waals surface area (Å²) in [5.74, 6) is 0.694. The average molecular weight is 360 g/mol. The highest BCUT2D eigenvalue weighted by Gasteiger charge is 2.28. The zero-order valence-corrected chi connectivity index (χ0v) is 16.2. The first-order chi connectivity index (χ1) is 13.0. The summed E-state index contributed by atoms with van der Waals surface area (Å²) in [4.78, 5) is 18.7. The highest BCUT2D eigenvalue weighted by molar-refractivity contribution is 6.08. The van der Waals surface area contributed by atoms with Crippen molar-refractivity contribution in [1.82, 2.24) is 4.90 Å². The highest BCUT2D eigenvalue weighted by Crippen LogP contribution is 2.40. The molecule has 1 aliphatic heterocycles. The van der Waals surface area contributed by atoms with Crippen LogP contribution in [0.5, 0.6) is 0 Å². The number of hydrogen-bond donors (Lipinski definition) is 0. The molecular weight excluding hydrogens is 336 g/mol. The zero-order chi connectivity index (χ0) is 19.6. The van der Waals surface area contributed by atoms with Crippen LogP contribution in [-0.2, 0) is 4.79 Å². The van der Waals surface area contributed by atoms with Crippen molar-refractivity contribution in [2.75, 3.05) is 37.0 Å². The molecule has 5 heteroatoms. The van der Waals surface area contributed by atoms with Crippen LogP contribution in [0.4, 0.5) is 11.4 Å². The Hall–Kier alpha value is -3.26. The van der Waals surface area contributed by atoms with Gasteiger partial charge in [0, 0.05) is 44.5 Å². The second kappa shape index (κ2) is 7.55. The first-order valence-electron chi connectivity index (χ1n) is 9.13. The number of rotatable bonds is 4. The number of carbonyl (C=O) groups excluding carboxylic acids is 1. The van der Waals surface area contributed by atoms with Crippen LogP contribution in [0.2, 0.25) is 0 Å². The number of allylic oxidation sites excluding steroid dienone is 6. The minimum atomic E-state index is -0.0754. The Morgan fingerprint density at radius 2 is 1.70 bits per heavy atom. The molecule has 0 unspecified atom stereocenters. The average Bonchev–Trinajstić information content (AvgIpc) is 2.93. The molecule has 0 fully saturated rings. The third-order valence-electron chi connectivity index (χ3n) is 5.03. The van der Waals surface area contributed by atoms with Crippen LogP contribution in [0.1, 0.15) is 13.8 Å². The van der Waals surface area contributed by atoms with Crippen molar-refractivity contribution < 1.29 is 4.79 Å². The van der Waals surface area contributed by atoms with E-state index in [9.17, 15) is 10.1 Å². The molecule has 1 aromatic carbocycles. The molecule has 0 saturated carbocycles. The number of para-hydroxylation sites is 2. The number of benzene rings is 1. The van der Waals surface area contributed by atoms with Crippen molar-refractivity contribution in [1.29, 1.82) is 5.26 Å². The molecule has 0 N–H and O–H groups in total. The van der Waals surface area contributed by atoms with E-state index in [1.54, 1.807) is 18.2 Å². The zero-order valence-electron chi connectivity index (χ0n) is 16.2. The summed E-state index contributed by atoms with van der Waals surface area (Å²) in [6.07, 6.45) is 7.07. The molecule has 0 aromatic heterocycles. The van der Waals surface area contributed by atoms with Crippen molar-refractivity contribution in [3.05, 3.63) is 71.2 Å². The van der Waals surface area contributed by atoms with Crippen LogP contribution in [0.15, 0.2) is 71.2 Å². The van der Waals surface area contributed by atoms with Crippen LogP contribution < -0.4 is 9.80 Å². The fourth-order valence-corrected chi connectivity index (χ4v) is 3.58. The van der Waals surface area contributed by atoms with E-state index in [1.807, 2.05) is 54.2 Å². The molecule has 0 saturated heterocycles. The van der Waals surface area contributed by atoms with Crippen molar-refractivity contribution in [3.8, 4) is 6.07 Å². The fraction of sp³-hybridized carbons (Fsp3) is 0.273. The molecule has 0 spiro atoms. The van der Waals surface area contributed by atoms with Crippen LogP contribution in [0.3, 0.4) is 0 Å². The minimum Gasteiger partial charge on any atom is -0.372 e. The third-order valence-corrected chi connectivity index (χ3v) is 5.03. The van der Waals surface area contributed by atoms with Gasteiger partial charge >= 0.3 is 0 Å². The van der Waals surface area contributed by atoms with Gasteiger partial charge in [-0.15, -0.1) is 0 Å². The van der Waals surface area contributed by atoms with E-state index in [2.05, 4.69) is 24.8 Å². The van der Waals surface area contributed by atoms with E-state index < -0.39 is 0 Å². The maximum atomic E-state index is 12.6. The predicted octanol–water partition coefficient (Wildman–Crippen LogP) is 3.60. The lowest BCUT2D eigenvalue weighted by atomic mass is 10.0. The molecule has 138 valence electrons. The van der Waals surface area contributed by atoms with E-state index in [-0.39, 0.29) is 5.78 Å². The minimum absolute atomic E-state index is 0.0754. The Balaban J connectivity index is 1.98. The summed E-state index contributed by atoms with van der Waals surface area (Å²) < 4.78 is 0. The lowest BCUT2D eigenvalue weighted by Crippen LogP contribution is -2.24. The maximum absolute atomic E-state index is 12.6. The van der Waals surface area contributed by atoms with Crippen LogP contribution >= 0.6 is 0 Å². The predicted molar refractivity (Wildman–Crippen MR) is 109 cm³/mol. The monoisotopic (exact) mass is 360 g/mol. The van der Waals surface area contributed by atoms with Gasteiger partial charge in [-0.3, -0.25) is 4.79 Å². The second-order valence-corrected chi connectivity index (χ2v) is 6.49. The summed E-state index contributed by atoms with van der Waals surface area (Å²) in [6, 6.07) is 10.3. The number of hydrogen-bond acceptors (Lipinski definition) is 5. The maximum Gasteiger partial charge on any atom is 0.187 e. The molecule has 1 aromatic rings. The van der Waals surface area contributed by atoms with Gasteiger partial charge in [0.25, 0.3) is 0 Å². The number of likely N-dealkylation sites (N-methyl/N-ethyl adjacent to an activating group) is 1. The largest absolute Gasteiger partial charge is 0.372 e. The van der Waals surface area contributed by atoms with Crippen molar-refractivity contribution in [3.63, 3.8) is 0 Å². The topological polar surface area (TPSA) is 50.6 Å². The highest BCUT2D eigenvalue weighted by atomic mass is 16.1. The standard InChI is InChI=1S/C22H24N4O/c1-5-26(6-2)18-12-11-16(21(27)14-18)13-17(15-23)22-24(3)19-9-7-8-10-20(19)25(22)4/h7-14H,5-6H2,1-4H3. The van der Waals surface area contributed by atoms with Crippen LogP contribution in [-0.4, -0.2) is 37.9 Å². The SMILES string of the molecule is CCN(CC)C1=CC(=O)C(=CC(C#N)=C2N(C)c3ccccc3N2C)C=C1. The Labute approximate surface area is 160 Å². The van der Waals surface area contributed by atoms with Gasteiger partial charge in [0.05, 0.1) is 16.9 Å². The summed E-state index contributed by atoms with van der Waals surface area (Å²) in [5.41, 5.74) is 3.97. The lowest BCUT2D eigenvalue weighted by Gasteiger charge is -2.24. The molecule has 1 aliphatic carbocycles. The lowest BCUT2D eigenvalue weighted by molar-refractivity contribution is -0.111. The number of fused-ring (bicyclic) bond motifs is 1. The van der Waals surface area contributed by atoms with Crippen LogP contribution in [0, 0.1) is 11.3 Å². The molecule has 27 heavy (non-hydrogen) atoms. The quantitative estimate of drug-likeness (QED) is 0.607. The molecule has 0 radical (unpaired) electrons. The molecular formula is C22H24N4O. The Bertz CT molecular complexity index is 895. The van der Waals surface area contributed by atoms with Crippen molar-refractivity contribution in [2.45, 2.75) is 13.8 Å². The van der Waals surface area contributed by atoms with Crippen molar-refractivity contribution in [2.24, 2.45) is 0 Å². The van der Waals surface area contributed by atoms with E-state index in [0.29, 0.717) is 11.1 Å². The normalized spacial score (nSPS) is 17.1. The number of ketones is 1. The molecule has 0 bridgehead atoms. The summed E-state index contributed by atoms with van der Waals surface area (Å²) in [7, 11) is 3.87. The number of nitriles is 1. The Kier molecular flexibility index (Phi) is 5.18. The molecule has 0 atom stereocenters. The number of carbonyl (C=O) groups is 1. The Morgan fingerprint density at radius 3 is 2.19 bits per heavy atom. The molecule has 2 aliphatic rings. The van der Waals surface area contributed by atoms with Gasteiger partial charge in [-0.05, 0) is 44.2 Å². The summed E-state index contributed by atoms with van der Waals surface area (Å²) >= 11 is 0. The van der Waals surface area contributed by atoms with Gasteiger partial charge in [0.2, 0.25) is 0 Å². The van der Waals surface area contributed by atoms with Gasteiger partial charge in [0.1, 0.15) is 11.9 Å². The Morgan fingerprint density at radius 1 is 1.11 bits per heavy atom. The van der Waals surface area contributed by atoms with Gasteiger partial charge in [-0.25, -0.2) is 0 Å². The molecule has 3 rings (SSSR count). The number of nitrogens with zero attached hydrogens (tertiary/aromatic N) is 4. The van der Waals surface area contributed by atoms with Gasteiger partial charge in [-0.1, -0.05) is 12.1 Å². The molecule has 5 nitrogen and oxygen atoms in total. The molecule has 0 amide bonds. The van der Waals surface area contributed by atoms with E-state index in [0.717, 1.165) is 36.0 Å².